The van der Waals surface area contributed by atoms with Gasteiger partial charge in [-0.25, -0.2) is 0 Å². The number of nitrogens with two attached hydrogens (primary N) is 1. The second-order valence-electron chi connectivity index (χ2n) is 4.28. The molecule has 0 aliphatic heterocycles. The second kappa shape index (κ2) is 5.84. The first-order valence-corrected chi connectivity index (χ1v) is 5.47. The zero-order chi connectivity index (χ0) is 12.2. The van der Waals surface area contributed by atoms with Crippen molar-refractivity contribution in [2.45, 2.75) is 31.5 Å². The fourth-order valence-corrected chi connectivity index (χ4v) is 2.07. The first kappa shape index (κ1) is 13.7. The third kappa shape index (κ3) is 3.92. The van der Waals surface area contributed by atoms with Crippen LogP contribution < -0.4 is 5.73 Å². The van der Waals surface area contributed by atoms with E-state index in [0.717, 1.165) is 19.3 Å². The lowest BCUT2D eigenvalue weighted by Gasteiger charge is -2.20. The van der Waals surface area contributed by atoms with Crippen molar-refractivity contribution in [2.75, 3.05) is 19.8 Å². The van der Waals surface area contributed by atoms with E-state index in [1.54, 1.807) is 0 Å². The van der Waals surface area contributed by atoms with Gasteiger partial charge in [0, 0.05) is 6.61 Å². The van der Waals surface area contributed by atoms with Crippen molar-refractivity contribution < 1.29 is 23.0 Å². The Balaban J connectivity index is 2.20. The quantitative estimate of drug-likeness (QED) is 0.762. The lowest BCUT2D eigenvalue weighted by Crippen LogP contribution is -2.34. The van der Waals surface area contributed by atoms with Crippen molar-refractivity contribution in [3.63, 3.8) is 0 Å². The molecule has 1 aliphatic carbocycles. The summed E-state index contributed by atoms with van der Waals surface area (Å²) in [6.45, 7) is 0.127. The molecule has 1 saturated carbocycles. The standard InChI is InChI=1S/C10H18F3NO2/c11-10(12,13)9(15)6-16-5-8-3-1-2-7(8)4-14/h7-9,15H,1-6,14H2. The predicted octanol–water partition coefficient (Wildman–Crippen LogP) is 1.30. The zero-order valence-corrected chi connectivity index (χ0v) is 9.04. The molecule has 0 spiro atoms. The Hall–Kier alpha value is -0.330. The highest BCUT2D eigenvalue weighted by molar-refractivity contribution is 4.78. The fraction of sp³-hybridized carbons (Fsp3) is 1.00. The van der Waals surface area contributed by atoms with Crippen molar-refractivity contribution in [3.8, 4) is 0 Å². The molecule has 0 aromatic carbocycles. The zero-order valence-electron chi connectivity index (χ0n) is 9.04. The Morgan fingerprint density at radius 3 is 2.50 bits per heavy atom. The molecule has 0 saturated heterocycles. The molecule has 3 unspecified atom stereocenters. The SMILES string of the molecule is NCC1CCCC1COCC(O)C(F)(F)F. The summed E-state index contributed by atoms with van der Waals surface area (Å²) in [5.41, 5.74) is 5.54. The monoisotopic (exact) mass is 241 g/mol. The minimum Gasteiger partial charge on any atom is -0.382 e. The third-order valence-electron chi connectivity index (χ3n) is 3.10. The lowest BCUT2D eigenvalue weighted by molar-refractivity contribution is -0.218. The Morgan fingerprint density at radius 2 is 1.94 bits per heavy atom. The van der Waals surface area contributed by atoms with Gasteiger partial charge in [0.05, 0.1) is 6.61 Å². The van der Waals surface area contributed by atoms with Gasteiger partial charge in [-0.3, -0.25) is 0 Å². The van der Waals surface area contributed by atoms with E-state index >= 15 is 0 Å². The average Bonchev–Trinajstić information content (AvgIpc) is 2.63. The number of hydrogen-bond donors (Lipinski definition) is 2. The highest BCUT2D eigenvalue weighted by atomic mass is 19.4. The van der Waals surface area contributed by atoms with Crippen LogP contribution in [0.15, 0.2) is 0 Å². The van der Waals surface area contributed by atoms with Crippen LogP contribution >= 0.6 is 0 Å². The molecule has 96 valence electrons. The van der Waals surface area contributed by atoms with Crippen LogP contribution in [0.25, 0.3) is 0 Å². The average molecular weight is 241 g/mol. The van der Waals surface area contributed by atoms with Crippen LogP contribution in [0.2, 0.25) is 0 Å². The Morgan fingerprint density at radius 1 is 1.31 bits per heavy atom. The normalized spacial score (nSPS) is 28.3. The van der Waals surface area contributed by atoms with E-state index in [1.165, 1.54) is 0 Å². The lowest BCUT2D eigenvalue weighted by atomic mass is 9.97. The van der Waals surface area contributed by atoms with Crippen molar-refractivity contribution in [2.24, 2.45) is 17.6 Å². The molecule has 0 amide bonds. The summed E-state index contributed by atoms with van der Waals surface area (Å²) in [5, 5.41) is 8.71. The maximum Gasteiger partial charge on any atom is 0.416 e. The molecule has 0 aromatic heterocycles. The highest BCUT2D eigenvalue weighted by Crippen LogP contribution is 2.31. The maximum absolute atomic E-state index is 11.9. The largest absolute Gasteiger partial charge is 0.416 e. The molecule has 6 heteroatoms. The van der Waals surface area contributed by atoms with Gasteiger partial charge >= 0.3 is 6.18 Å². The van der Waals surface area contributed by atoms with Crippen LogP contribution in [0.3, 0.4) is 0 Å². The van der Waals surface area contributed by atoms with Gasteiger partial charge in [0.1, 0.15) is 0 Å². The van der Waals surface area contributed by atoms with Gasteiger partial charge in [0.2, 0.25) is 0 Å². The van der Waals surface area contributed by atoms with Crippen molar-refractivity contribution >= 4 is 0 Å². The minimum absolute atomic E-state index is 0.241. The number of alkyl halides is 3. The highest BCUT2D eigenvalue weighted by Gasteiger charge is 2.38. The van der Waals surface area contributed by atoms with E-state index < -0.39 is 18.9 Å². The van der Waals surface area contributed by atoms with Crippen LogP contribution in [-0.2, 0) is 4.74 Å². The molecular formula is C10H18F3NO2. The van der Waals surface area contributed by atoms with Crippen molar-refractivity contribution in [1.29, 1.82) is 0 Å². The summed E-state index contributed by atoms with van der Waals surface area (Å²) in [6, 6.07) is 0. The third-order valence-corrected chi connectivity index (χ3v) is 3.10. The van der Waals surface area contributed by atoms with E-state index in [4.69, 9.17) is 15.6 Å². The maximum atomic E-state index is 11.9. The van der Waals surface area contributed by atoms with Gasteiger partial charge < -0.3 is 15.6 Å². The summed E-state index contributed by atoms with van der Waals surface area (Å²) < 4.78 is 40.7. The molecule has 3 nitrogen and oxygen atoms in total. The van der Waals surface area contributed by atoms with Crippen LogP contribution in [0, 0.1) is 11.8 Å². The summed E-state index contributed by atoms with van der Waals surface area (Å²) in [4.78, 5) is 0. The van der Waals surface area contributed by atoms with E-state index in [1.807, 2.05) is 0 Å². The van der Waals surface area contributed by atoms with Gasteiger partial charge in [0.25, 0.3) is 0 Å². The summed E-state index contributed by atoms with van der Waals surface area (Å²) >= 11 is 0. The molecule has 0 heterocycles. The Labute approximate surface area is 92.8 Å². The van der Waals surface area contributed by atoms with E-state index in [-0.39, 0.29) is 12.5 Å². The number of rotatable bonds is 5. The smallest absolute Gasteiger partial charge is 0.382 e. The number of hydrogen-bond acceptors (Lipinski definition) is 3. The van der Waals surface area contributed by atoms with Gasteiger partial charge in [-0.2, -0.15) is 13.2 Å². The predicted molar refractivity (Wildman–Crippen MR) is 52.8 cm³/mol. The van der Waals surface area contributed by atoms with Crippen LogP contribution in [-0.4, -0.2) is 37.1 Å². The van der Waals surface area contributed by atoms with E-state index in [2.05, 4.69) is 0 Å². The molecule has 1 aliphatic rings. The molecule has 0 radical (unpaired) electrons. The molecule has 0 aromatic rings. The van der Waals surface area contributed by atoms with Crippen LogP contribution in [0.5, 0.6) is 0 Å². The molecular weight excluding hydrogens is 223 g/mol. The Bertz CT molecular complexity index is 211. The van der Waals surface area contributed by atoms with Crippen LogP contribution in [0.4, 0.5) is 13.2 Å². The molecule has 1 rings (SSSR count). The molecule has 3 atom stereocenters. The fourth-order valence-electron chi connectivity index (χ4n) is 2.07. The molecule has 0 bridgehead atoms. The first-order valence-electron chi connectivity index (χ1n) is 5.47. The number of aliphatic hydroxyl groups excluding tert-OH is 1. The number of ether oxygens (including phenoxy) is 1. The van der Waals surface area contributed by atoms with Gasteiger partial charge in [-0.05, 0) is 31.2 Å². The van der Waals surface area contributed by atoms with Crippen molar-refractivity contribution in [3.05, 3.63) is 0 Å². The van der Waals surface area contributed by atoms with Crippen molar-refractivity contribution in [1.82, 2.24) is 0 Å². The summed E-state index contributed by atoms with van der Waals surface area (Å²) in [5.74, 6) is 0.591. The second-order valence-corrected chi connectivity index (χ2v) is 4.28. The topological polar surface area (TPSA) is 55.5 Å². The van der Waals surface area contributed by atoms with E-state index in [0.29, 0.717) is 12.5 Å². The van der Waals surface area contributed by atoms with Gasteiger partial charge in [0.15, 0.2) is 6.10 Å². The summed E-state index contributed by atoms with van der Waals surface area (Å²) in [7, 11) is 0. The molecule has 3 N–H and O–H groups in total. The minimum atomic E-state index is -4.59. The number of halogens is 3. The summed E-state index contributed by atoms with van der Waals surface area (Å²) in [6.07, 6.45) is -3.96. The number of aliphatic hydroxyl groups is 1. The van der Waals surface area contributed by atoms with Gasteiger partial charge in [-0.15, -0.1) is 0 Å². The van der Waals surface area contributed by atoms with Crippen LogP contribution in [0.1, 0.15) is 19.3 Å². The molecule has 1 fully saturated rings. The van der Waals surface area contributed by atoms with Gasteiger partial charge in [-0.1, -0.05) is 6.42 Å². The first-order chi connectivity index (χ1) is 7.45. The Kier molecular flexibility index (Phi) is 5.01. The molecule has 16 heavy (non-hydrogen) atoms. The van der Waals surface area contributed by atoms with E-state index in [9.17, 15) is 13.2 Å².